The number of benzene rings is 2. The third kappa shape index (κ3) is 6.74. The lowest BCUT2D eigenvalue weighted by Gasteiger charge is -2.08. The molecule has 0 amide bonds. The molecular formula is C18H17Cl2N3OS. The van der Waals surface area contributed by atoms with E-state index in [-0.39, 0.29) is 0 Å². The zero-order valence-electron chi connectivity index (χ0n) is 13.3. The van der Waals surface area contributed by atoms with Crippen LogP contribution in [0, 0.1) is 0 Å². The fraction of sp³-hybridized carbons (Fsp3) is 0.111. The Morgan fingerprint density at radius 1 is 1.20 bits per heavy atom. The highest BCUT2D eigenvalue weighted by molar-refractivity contribution is 7.80. The lowest BCUT2D eigenvalue weighted by atomic mass is 10.2. The van der Waals surface area contributed by atoms with E-state index in [1.165, 1.54) is 0 Å². The summed E-state index contributed by atoms with van der Waals surface area (Å²) in [6.45, 7) is 4.56. The van der Waals surface area contributed by atoms with Crippen molar-refractivity contribution in [1.82, 2.24) is 10.7 Å². The van der Waals surface area contributed by atoms with E-state index >= 15 is 0 Å². The van der Waals surface area contributed by atoms with E-state index in [0.29, 0.717) is 28.3 Å². The van der Waals surface area contributed by atoms with Crippen molar-refractivity contribution in [1.29, 1.82) is 0 Å². The van der Waals surface area contributed by atoms with Crippen LogP contribution < -0.4 is 15.5 Å². The number of halogens is 2. The molecule has 0 bridgehead atoms. The van der Waals surface area contributed by atoms with Gasteiger partial charge in [0.2, 0.25) is 0 Å². The van der Waals surface area contributed by atoms with Crippen LogP contribution in [0.2, 0.25) is 10.0 Å². The van der Waals surface area contributed by atoms with Gasteiger partial charge in [-0.05, 0) is 54.2 Å². The van der Waals surface area contributed by atoms with Gasteiger partial charge in [0.25, 0.3) is 0 Å². The van der Waals surface area contributed by atoms with E-state index in [0.717, 1.165) is 16.9 Å². The summed E-state index contributed by atoms with van der Waals surface area (Å²) < 4.78 is 5.73. The van der Waals surface area contributed by atoms with E-state index in [1.807, 2.05) is 30.3 Å². The lowest BCUT2D eigenvalue weighted by Crippen LogP contribution is -2.31. The van der Waals surface area contributed by atoms with Gasteiger partial charge in [-0.25, -0.2) is 0 Å². The summed E-state index contributed by atoms with van der Waals surface area (Å²) in [6.07, 6.45) is 3.38. The Labute approximate surface area is 162 Å². The molecule has 0 aliphatic carbocycles. The van der Waals surface area contributed by atoms with Crippen molar-refractivity contribution in [3.63, 3.8) is 0 Å². The summed E-state index contributed by atoms with van der Waals surface area (Å²) in [5.74, 6) is 0.735. The van der Waals surface area contributed by atoms with Crippen LogP contribution in [0.1, 0.15) is 11.1 Å². The van der Waals surface area contributed by atoms with Crippen molar-refractivity contribution >= 4 is 46.7 Å². The molecule has 2 rings (SSSR count). The highest BCUT2D eigenvalue weighted by atomic mass is 35.5. The smallest absolute Gasteiger partial charge is 0.187 e. The molecule has 0 atom stereocenters. The Morgan fingerprint density at radius 3 is 2.64 bits per heavy atom. The van der Waals surface area contributed by atoms with Gasteiger partial charge in [0.15, 0.2) is 5.11 Å². The summed E-state index contributed by atoms with van der Waals surface area (Å²) >= 11 is 17.0. The van der Waals surface area contributed by atoms with Crippen molar-refractivity contribution in [3.8, 4) is 5.75 Å². The first-order valence-electron chi connectivity index (χ1n) is 7.43. The maximum atomic E-state index is 6.13. The predicted octanol–water partition coefficient (Wildman–Crippen LogP) is 4.56. The van der Waals surface area contributed by atoms with E-state index in [9.17, 15) is 0 Å². The first kappa shape index (κ1) is 19.2. The summed E-state index contributed by atoms with van der Waals surface area (Å²) in [4.78, 5) is 0. The van der Waals surface area contributed by atoms with Gasteiger partial charge in [-0.2, -0.15) is 5.10 Å². The van der Waals surface area contributed by atoms with Gasteiger partial charge in [0.1, 0.15) is 12.4 Å². The summed E-state index contributed by atoms with van der Waals surface area (Å²) in [7, 11) is 0. The second-order valence-corrected chi connectivity index (χ2v) is 6.21. The van der Waals surface area contributed by atoms with Crippen molar-refractivity contribution < 1.29 is 4.74 Å². The Balaban J connectivity index is 1.85. The molecule has 25 heavy (non-hydrogen) atoms. The monoisotopic (exact) mass is 393 g/mol. The third-order valence-corrected chi connectivity index (χ3v) is 3.90. The first-order valence-corrected chi connectivity index (χ1v) is 8.59. The van der Waals surface area contributed by atoms with Crippen LogP contribution >= 0.6 is 35.4 Å². The molecule has 2 aromatic rings. The van der Waals surface area contributed by atoms with E-state index in [4.69, 9.17) is 40.2 Å². The zero-order valence-corrected chi connectivity index (χ0v) is 15.7. The van der Waals surface area contributed by atoms with E-state index < -0.39 is 0 Å². The molecule has 130 valence electrons. The number of nitrogens with zero attached hydrogens (tertiary/aromatic N) is 1. The van der Waals surface area contributed by atoms with Crippen LogP contribution in [-0.4, -0.2) is 17.9 Å². The molecule has 7 heteroatoms. The maximum absolute atomic E-state index is 6.13. The molecule has 0 saturated carbocycles. The second-order valence-electron chi connectivity index (χ2n) is 4.96. The molecule has 0 unspecified atom stereocenters. The highest BCUT2D eigenvalue weighted by Crippen LogP contribution is 2.22. The van der Waals surface area contributed by atoms with Gasteiger partial charge in [-0.1, -0.05) is 35.3 Å². The standard InChI is InChI=1S/C18H17Cl2N3OS/c1-2-9-21-18(25)23-22-11-13-3-7-16(8-4-13)24-12-14-5-6-15(19)10-17(14)20/h2-8,10-11H,1,9,12H2,(H2,21,23,25)/b22-11-. The minimum absolute atomic E-state index is 0.369. The van der Waals surface area contributed by atoms with Gasteiger partial charge in [0.05, 0.1) is 6.21 Å². The van der Waals surface area contributed by atoms with E-state index in [1.54, 1.807) is 24.4 Å². The van der Waals surface area contributed by atoms with Crippen molar-refractivity contribution in [2.75, 3.05) is 6.54 Å². The van der Waals surface area contributed by atoms with Gasteiger partial charge in [-0.3, -0.25) is 5.43 Å². The average molecular weight is 394 g/mol. The number of hydrazone groups is 1. The largest absolute Gasteiger partial charge is 0.489 e. The number of nitrogens with one attached hydrogen (secondary N) is 2. The molecule has 0 heterocycles. The number of hydrogen-bond donors (Lipinski definition) is 2. The normalized spacial score (nSPS) is 10.5. The predicted molar refractivity (Wildman–Crippen MR) is 109 cm³/mol. The molecule has 0 aliphatic heterocycles. The first-order chi connectivity index (χ1) is 12.1. The van der Waals surface area contributed by atoms with Crippen LogP contribution in [0.3, 0.4) is 0 Å². The summed E-state index contributed by atoms with van der Waals surface area (Å²) in [5.41, 5.74) is 4.51. The van der Waals surface area contributed by atoms with Gasteiger partial charge < -0.3 is 10.1 Å². The van der Waals surface area contributed by atoms with Crippen LogP contribution in [0.25, 0.3) is 0 Å². The van der Waals surface area contributed by atoms with Gasteiger partial charge in [0, 0.05) is 22.2 Å². The molecule has 0 fully saturated rings. The minimum Gasteiger partial charge on any atom is -0.489 e. The molecule has 0 saturated heterocycles. The molecule has 0 aromatic heterocycles. The minimum atomic E-state index is 0.369. The second kappa shape index (κ2) is 10.0. The molecule has 0 aliphatic rings. The van der Waals surface area contributed by atoms with Crippen molar-refractivity contribution in [2.24, 2.45) is 5.10 Å². The van der Waals surface area contributed by atoms with Gasteiger partial charge >= 0.3 is 0 Å². The Morgan fingerprint density at radius 2 is 1.96 bits per heavy atom. The zero-order chi connectivity index (χ0) is 18.1. The number of rotatable bonds is 7. The maximum Gasteiger partial charge on any atom is 0.187 e. The number of hydrogen-bond acceptors (Lipinski definition) is 3. The summed E-state index contributed by atoms with van der Waals surface area (Å²) in [6, 6.07) is 12.8. The number of ether oxygens (including phenoxy) is 1. The lowest BCUT2D eigenvalue weighted by molar-refractivity contribution is 0.306. The van der Waals surface area contributed by atoms with Gasteiger partial charge in [-0.15, -0.1) is 6.58 Å². The van der Waals surface area contributed by atoms with Crippen molar-refractivity contribution in [2.45, 2.75) is 6.61 Å². The molecule has 0 spiro atoms. The van der Waals surface area contributed by atoms with E-state index in [2.05, 4.69) is 22.4 Å². The van der Waals surface area contributed by atoms with Crippen molar-refractivity contribution in [3.05, 3.63) is 76.3 Å². The topological polar surface area (TPSA) is 45.7 Å². The molecular weight excluding hydrogens is 377 g/mol. The molecule has 2 aromatic carbocycles. The van der Waals surface area contributed by atoms with Crippen LogP contribution in [0.5, 0.6) is 5.75 Å². The number of thiocarbonyl (C=S) groups is 1. The van der Waals surface area contributed by atoms with Crippen LogP contribution in [-0.2, 0) is 6.61 Å². The Hall–Kier alpha value is -2.08. The average Bonchev–Trinajstić information content (AvgIpc) is 2.60. The molecule has 4 nitrogen and oxygen atoms in total. The fourth-order valence-electron chi connectivity index (χ4n) is 1.82. The van der Waals surface area contributed by atoms with Crippen LogP contribution in [0.4, 0.5) is 0 Å². The van der Waals surface area contributed by atoms with Crippen LogP contribution in [0.15, 0.2) is 60.2 Å². The third-order valence-electron chi connectivity index (χ3n) is 3.08. The Kier molecular flexibility index (Phi) is 7.73. The summed E-state index contributed by atoms with van der Waals surface area (Å²) in [5, 5.41) is 8.60. The fourth-order valence-corrected chi connectivity index (χ4v) is 2.42. The quantitative estimate of drug-likeness (QED) is 0.313. The highest BCUT2D eigenvalue weighted by Gasteiger charge is 2.02. The SMILES string of the molecule is C=CCNC(=S)N/N=C\c1ccc(OCc2ccc(Cl)cc2Cl)cc1. The Bertz CT molecular complexity index is 763. The molecule has 0 radical (unpaired) electrons. The molecule has 2 N–H and O–H groups in total.